The predicted molar refractivity (Wildman–Crippen MR) is 74.1 cm³/mol. The van der Waals surface area contributed by atoms with E-state index in [4.69, 9.17) is 0 Å². The first-order valence-corrected chi connectivity index (χ1v) is 7.03. The van der Waals surface area contributed by atoms with Crippen molar-refractivity contribution < 1.29 is 0 Å². The molecule has 20 heavy (non-hydrogen) atoms. The van der Waals surface area contributed by atoms with Crippen LogP contribution in [0.15, 0.2) is 24.7 Å². The molecule has 0 saturated heterocycles. The quantitative estimate of drug-likeness (QED) is 0.926. The molecular weight excluding hydrogens is 250 g/mol. The van der Waals surface area contributed by atoms with Gasteiger partial charge in [0.05, 0.1) is 29.8 Å². The number of hydrogen-bond donors (Lipinski definition) is 1. The van der Waals surface area contributed by atoms with Crippen LogP contribution < -0.4 is 5.32 Å². The first-order chi connectivity index (χ1) is 9.85. The van der Waals surface area contributed by atoms with Gasteiger partial charge in [-0.2, -0.15) is 5.26 Å². The zero-order valence-electron chi connectivity index (χ0n) is 11.1. The summed E-state index contributed by atoms with van der Waals surface area (Å²) in [6.07, 6.45) is 7.19. The van der Waals surface area contributed by atoms with Gasteiger partial charge in [-0.1, -0.05) is 0 Å². The molecule has 5 heteroatoms. The standard InChI is InChI=1S/C15H15N5/c16-7-11-3-4-12(10-1-2-10)18-15(11)19-13-5-6-20-9-17-8-14(13)20/h3-4,8-10,13H,1-2,5-6H2,(H,18,19). The number of nitrogens with zero attached hydrogens (tertiary/aromatic N) is 4. The van der Waals surface area contributed by atoms with Gasteiger partial charge in [-0.3, -0.25) is 0 Å². The summed E-state index contributed by atoms with van der Waals surface area (Å²) in [5.41, 5.74) is 2.90. The SMILES string of the molecule is N#Cc1ccc(C2CC2)nc1NC1CCn2cncc21. The van der Waals surface area contributed by atoms with Gasteiger partial charge >= 0.3 is 0 Å². The molecule has 2 aromatic heterocycles. The average Bonchev–Trinajstić information content (AvgIpc) is 3.10. The molecule has 0 amide bonds. The topological polar surface area (TPSA) is 66.5 Å². The van der Waals surface area contributed by atoms with Gasteiger partial charge in [-0.25, -0.2) is 9.97 Å². The van der Waals surface area contributed by atoms with Gasteiger partial charge in [0.25, 0.3) is 0 Å². The van der Waals surface area contributed by atoms with Crippen molar-refractivity contribution in [1.82, 2.24) is 14.5 Å². The van der Waals surface area contributed by atoms with E-state index in [2.05, 4.69) is 25.9 Å². The van der Waals surface area contributed by atoms with Crippen molar-refractivity contribution in [3.05, 3.63) is 41.6 Å². The molecule has 0 aromatic carbocycles. The van der Waals surface area contributed by atoms with Crippen LogP contribution in [0.2, 0.25) is 0 Å². The third-order valence-electron chi connectivity index (χ3n) is 4.10. The second-order valence-corrected chi connectivity index (χ2v) is 5.52. The van der Waals surface area contributed by atoms with Crippen LogP contribution >= 0.6 is 0 Å². The average molecular weight is 265 g/mol. The number of rotatable bonds is 3. The smallest absolute Gasteiger partial charge is 0.144 e. The zero-order chi connectivity index (χ0) is 13.5. The lowest BCUT2D eigenvalue weighted by Gasteiger charge is -2.14. The zero-order valence-corrected chi connectivity index (χ0v) is 11.1. The molecular formula is C15H15N5. The third-order valence-corrected chi connectivity index (χ3v) is 4.10. The van der Waals surface area contributed by atoms with Gasteiger partial charge < -0.3 is 9.88 Å². The molecule has 1 aliphatic carbocycles. The van der Waals surface area contributed by atoms with E-state index in [1.807, 2.05) is 24.7 Å². The molecule has 1 aliphatic heterocycles. The Morgan fingerprint density at radius 2 is 2.20 bits per heavy atom. The van der Waals surface area contributed by atoms with Crippen LogP contribution in [0.5, 0.6) is 0 Å². The maximum atomic E-state index is 9.25. The third kappa shape index (κ3) is 1.85. The fourth-order valence-corrected chi connectivity index (χ4v) is 2.82. The van der Waals surface area contributed by atoms with Crippen molar-refractivity contribution in [1.29, 1.82) is 5.26 Å². The Morgan fingerprint density at radius 3 is 3.00 bits per heavy atom. The Hall–Kier alpha value is -2.35. The molecule has 2 aromatic rings. The van der Waals surface area contributed by atoms with E-state index in [-0.39, 0.29) is 6.04 Å². The highest BCUT2D eigenvalue weighted by molar-refractivity contribution is 5.54. The second kappa shape index (κ2) is 4.34. The Balaban J connectivity index is 1.65. The number of nitrogens with one attached hydrogen (secondary N) is 1. The highest BCUT2D eigenvalue weighted by Crippen LogP contribution is 2.40. The minimum atomic E-state index is 0.201. The van der Waals surface area contributed by atoms with Crippen molar-refractivity contribution in [3.8, 4) is 6.07 Å². The number of hydrogen-bond acceptors (Lipinski definition) is 4. The summed E-state index contributed by atoms with van der Waals surface area (Å²) in [4.78, 5) is 8.83. The van der Waals surface area contributed by atoms with Crippen molar-refractivity contribution in [2.24, 2.45) is 0 Å². The number of nitriles is 1. The lowest BCUT2D eigenvalue weighted by Crippen LogP contribution is -2.10. The largest absolute Gasteiger partial charge is 0.361 e. The van der Waals surface area contributed by atoms with Crippen molar-refractivity contribution >= 4 is 5.82 Å². The van der Waals surface area contributed by atoms with Crippen molar-refractivity contribution in [2.75, 3.05) is 5.32 Å². The molecule has 0 spiro atoms. The maximum absolute atomic E-state index is 9.25. The van der Waals surface area contributed by atoms with Crippen LogP contribution in [-0.4, -0.2) is 14.5 Å². The molecule has 1 N–H and O–H groups in total. The minimum absolute atomic E-state index is 0.201. The summed E-state index contributed by atoms with van der Waals surface area (Å²) in [6, 6.07) is 6.30. The van der Waals surface area contributed by atoms with Gasteiger partial charge in [0.15, 0.2) is 0 Å². The number of aryl methyl sites for hydroxylation is 1. The van der Waals surface area contributed by atoms with Gasteiger partial charge in [0.2, 0.25) is 0 Å². The van der Waals surface area contributed by atoms with E-state index in [0.29, 0.717) is 11.5 Å². The van der Waals surface area contributed by atoms with E-state index in [9.17, 15) is 5.26 Å². The molecule has 2 aliphatic rings. The summed E-state index contributed by atoms with van der Waals surface area (Å²) in [5.74, 6) is 1.31. The van der Waals surface area contributed by atoms with Crippen LogP contribution in [0.25, 0.3) is 0 Å². The number of aromatic nitrogens is 3. The van der Waals surface area contributed by atoms with E-state index >= 15 is 0 Å². The Bertz CT molecular complexity index is 693. The van der Waals surface area contributed by atoms with Gasteiger partial charge in [0, 0.05) is 18.2 Å². The monoisotopic (exact) mass is 265 g/mol. The summed E-state index contributed by atoms with van der Waals surface area (Å²) < 4.78 is 2.15. The lowest BCUT2D eigenvalue weighted by atomic mass is 10.1. The van der Waals surface area contributed by atoms with Gasteiger partial charge in [-0.05, 0) is 31.4 Å². The maximum Gasteiger partial charge on any atom is 0.144 e. The highest BCUT2D eigenvalue weighted by Gasteiger charge is 2.27. The highest BCUT2D eigenvalue weighted by atomic mass is 15.1. The fourth-order valence-electron chi connectivity index (χ4n) is 2.82. The molecule has 5 nitrogen and oxygen atoms in total. The number of fused-ring (bicyclic) bond motifs is 1. The molecule has 1 saturated carbocycles. The molecule has 4 rings (SSSR count). The van der Waals surface area contributed by atoms with E-state index in [1.54, 1.807) is 0 Å². The van der Waals surface area contributed by atoms with E-state index in [0.717, 1.165) is 24.5 Å². The Kier molecular flexibility index (Phi) is 2.49. The molecule has 3 heterocycles. The van der Waals surface area contributed by atoms with Crippen molar-refractivity contribution in [2.45, 2.75) is 37.8 Å². The normalized spacial score (nSPS) is 20.4. The van der Waals surface area contributed by atoms with Crippen molar-refractivity contribution in [3.63, 3.8) is 0 Å². The Labute approximate surface area is 117 Å². The van der Waals surface area contributed by atoms with Crippen LogP contribution in [0.3, 0.4) is 0 Å². The van der Waals surface area contributed by atoms with E-state index < -0.39 is 0 Å². The fraction of sp³-hybridized carbons (Fsp3) is 0.400. The first kappa shape index (κ1) is 11.5. The summed E-state index contributed by atoms with van der Waals surface area (Å²) >= 11 is 0. The summed E-state index contributed by atoms with van der Waals surface area (Å²) in [7, 11) is 0. The molecule has 1 fully saturated rings. The predicted octanol–water partition coefficient (Wildman–Crippen LogP) is 2.58. The number of anilines is 1. The van der Waals surface area contributed by atoms with Gasteiger partial charge in [-0.15, -0.1) is 0 Å². The van der Waals surface area contributed by atoms with Crippen LogP contribution in [0, 0.1) is 11.3 Å². The molecule has 1 unspecified atom stereocenters. The molecule has 1 atom stereocenters. The Morgan fingerprint density at radius 1 is 1.30 bits per heavy atom. The van der Waals surface area contributed by atoms with Crippen LogP contribution in [0.4, 0.5) is 5.82 Å². The van der Waals surface area contributed by atoms with Gasteiger partial charge in [0.1, 0.15) is 11.9 Å². The molecule has 100 valence electrons. The minimum Gasteiger partial charge on any atom is -0.361 e. The molecule has 0 bridgehead atoms. The molecule has 0 radical (unpaired) electrons. The van der Waals surface area contributed by atoms with E-state index in [1.165, 1.54) is 18.5 Å². The number of imidazole rings is 1. The lowest BCUT2D eigenvalue weighted by molar-refractivity contribution is 0.701. The summed E-state index contributed by atoms with van der Waals surface area (Å²) in [6.45, 7) is 0.969. The second-order valence-electron chi connectivity index (χ2n) is 5.52. The summed E-state index contributed by atoms with van der Waals surface area (Å²) in [5, 5.41) is 12.7. The number of pyridine rings is 1. The van der Waals surface area contributed by atoms with Crippen LogP contribution in [-0.2, 0) is 6.54 Å². The first-order valence-electron chi connectivity index (χ1n) is 7.03. The van der Waals surface area contributed by atoms with Crippen LogP contribution in [0.1, 0.15) is 48.2 Å².